The van der Waals surface area contributed by atoms with Crippen molar-refractivity contribution in [2.45, 2.75) is 43.8 Å². The van der Waals surface area contributed by atoms with Crippen molar-refractivity contribution in [1.82, 2.24) is 15.0 Å². The van der Waals surface area contributed by atoms with Crippen molar-refractivity contribution >= 4 is 45.4 Å². The van der Waals surface area contributed by atoms with Gasteiger partial charge in [0.1, 0.15) is 5.82 Å². The number of hydrogen-bond acceptors (Lipinski definition) is 6. The molecule has 1 aromatic carbocycles. The summed E-state index contributed by atoms with van der Waals surface area (Å²) in [4.78, 5) is 39.3. The Bertz CT molecular complexity index is 1270. The Balaban J connectivity index is 1.52. The van der Waals surface area contributed by atoms with Crippen LogP contribution < -0.4 is 5.56 Å². The molecule has 0 spiro atoms. The van der Waals surface area contributed by atoms with E-state index >= 15 is 0 Å². The number of hydrogen-bond donors (Lipinski definition) is 3. The van der Waals surface area contributed by atoms with Crippen molar-refractivity contribution in [3.05, 3.63) is 57.4 Å². The quantitative estimate of drug-likeness (QED) is 0.337. The van der Waals surface area contributed by atoms with E-state index in [1.165, 1.54) is 35.7 Å². The van der Waals surface area contributed by atoms with Gasteiger partial charge in [-0.05, 0) is 43.0 Å². The van der Waals surface area contributed by atoms with E-state index < -0.39 is 11.5 Å². The van der Waals surface area contributed by atoms with Gasteiger partial charge >= 0.3 is 5.97 Å². The second kappa shape index (κ2) is 9.11. The highest BCUT2D eigenvalue weighted by Crippen LogP contribution is 2.34. The number of nitrogens with zero attached hydrogens (tertiary/aromatic N) is 2. The predicted octanol–water partition coefficient (Wildman–Crippen LogP) is 3.95. The van der Waals surface area contributed by atoms with E-state index in [1.807, 2.05) is 13.0 Å². The molecule has 0 radical (unpaired) electrons. The zero-order valence-corrected chi connectivity index (χ0v) is 19.3. The minimum absolute atomic E-state index is 0.151. The van der Waals surface area contributed by atoms with Crippen LogP contribution in [-0.2, 0) is 17.6 Å². The Morgan fingerprint density at radius 1 is 1.34 bits per heavy atom. The fourth-order valence-corrected chi connectivity index (χ4v) is 5.77. The smallest absolute Gasteiger partial charge is 0.332 e. The van der Waals surface area contributed by atoms with E-state index in [4.69, 9.17) is 0 Å². The topological polar surface area (TPSA) is 111 Å². The van der Waals surface area contributed by atoms with Crippen molar-refractivity contribution in [3.8, 4) is 0 Å². The van der Waals surface area contributed by atoms with Crippen molar-refractivity contribution in [1.29, 1.82) is 0 Å². The van der Waals surface area contributed by atoms with Gasteiger partial charge in [0.25, 0.3) is 5.56 Å². The molecule has 1 aliphatic heterocycles. The summed E-state index contributed by atoms with van der Waals surface area (Å²) in [5, 5.41) is 12.0. The molecule has 0 aliphatic carbocycles. The van der Waals surface area contributed by atoms with E-state index in [-0.39, 0.29) is 17.8 Å². The summed E-state index contributed by atoms with van der Waals surface area (Å²) < 4.78 is 13.5. The molecule has 10 heteroatoms. The number of aliphatic imine (C=N–C) groups is 1. The summed E-state index contributed by atoms with van der Waals surface area (Å²) in [6, 6.07) is 6.27. The average Bonchev–Trinajstić information content (AvgIpc) is 3.34. The number of benzene rings is 1. The zero-order valence-electron chi connectivity index (χ0n) is 17.7. The molecule has 4 rings (SSSR count). The monoisotopic (exact) mass is 474 g/mol. The highest BCUT2D eigenvalue weighted by atomic mass is 32.2. The molecule has 0 saturated heterocycles. The molecule has 1 atom stereocenters. The Hall–Kier alpha value is -2.59. The fourth-order valence-electron chi connectivity index (χ4n) is 3.66. The highest BCUT2D eigenvalue weighted by molar-refractivity contribution is 8.16. The van der Waals surface area contributed by atoms with Gasteiger partial charge in [-0.2, -0.15) is 0 Å². The van der Waals surface area contributed by atoms with Crippen LogP contribution in [0, 0.1) is 12.7 Å². The molecule has 0 fully saturated rings. The number of nitrogens with one attached hydrogen (secondary N) is 2. The molecule has 3 N–H and O–H groups in total. The van der Waals surface area contributed by atoms with Crippen molar-refractivity contribution in [2.75, 3.05) is 11.5 Å². The second-order valence-corrected chi connectivity index (χ2v) is 9.83. The molecule has 3 aromatic rings. The SMILES string of the molecule is CCCc1nc(SCC2=N[C@](Cc3cc4ccc(F)cc4[nH]3)(C(=O)O)CS2)[nH]c(=O)c1C. The number of aliphatic carboxylic acids is 1. The van der Waals surface area contributed by atoms with Crippen LogP contribution in [0.15, 0.2) is 39.2 Å². The van der Waals surface area contributed by atoms with E-state index in [1.54, 1.807) is 13.0 Å². The van der Waals surface area contributed by atoms with Crippen LogP contribution in [0.5, 0.6) is 0 Å². The van der Waals surface area contributed by atoms with Crippen LogP contribution in [0.25, 0.3) is 10.9 Å². The third kappa shape index (κ3) is 4.61. The average molecular weight is 475 g/mol. The van der Waals surface area contributed by atoms with Crippen molar-refractivity contribution in [2.24, 2.45) is 4.99 Å². The molecular formula is C22H23FN4O3S2. The molecule has 7 nitrogen and oxygen atoms in total. The maximum Gasteiger partial charge on any atom is 0.332 e. The predicted molar refractivity (Wildman–Crippen MR) is 127 cm³/mol. The van der Waals surface area contributed by atoms with Gasteiger partial charge in [0.05, 0.1) is 10.7 Å². The summed E-state index contributed by atoms with van der Waals surface area (Å²) >= 11 is 2.75. The van der Waals surface area contributed by atoms with Gasteiger partial charge in [0, 0.05) is 34.7 Å². The minimum atomic E-state index is -1.29. The lowest BCUT2D eigenvalue weighted by atomic mass is 9.96. The number of thioether (sulfide) groups is 2. The van der Waals surface area contributed by atoms with Crippen molar-refractivity contribution < 1.29 is 14.3 Å². The zero-order chi connectivity index (χ0) is 22.9. The fraction of sp³-hybridized carbons (Fsp3) is 0.364. The van der Waals surface area contributed by atoms with Crippen molar-refractivity contribution in [3.63, 3.8) is 0 Å². The summed E-state index contributed by atoms with van der Waals surface area (Å²) in [6.07, 6.45) is 1.81. The molecule has 3 heterocycles. The highest BCUT2D eigenvalue weighted by Gasteiger charge is 2.43. The number of fused-ring (bicyclic) bond motifs is 1. The maximum absolute atomic E-state index is 13.5. The number of carboxylic acids is 1. The molecular weight excluding hydrogens is 451 g/mol. The van der Waals surface area contributed by atoms with Gasteiger partial charge in [0.2, 0.25) is 0 Å². The van der Waals surface area contributed by atoms with E-state index in [2.05, 4.69) is 19.9 Å². The van der Waals surface area contributed by atoms with E-state index in [9.17, 15) is 19.1 Å². The number of aromatic amines is 2. The lowest BCUT2D eigenvalue weighted by Gasteiger charge is -2.19. The molecule has 2 aromatic heterocycles. The summed E-state index contributed by atoms with van der Waals surface area (Å²) in [5.41, 5.74) is 1.30. The molecule has 0 unspecified atom stereocenters. The Morgan fingerprint density at radius 3 is 2.91 bits per heavy atom. The number of aromatic nitrogens is 3. The number of rotatable bonds is 8. The lowest BCUT2D eigenvalue weighted by molar-refractivity contribution is -0.142. The number of carboxylic acid groups (broad SMARTS) is 1. The normalized spacial score (nSPS) is 18.3. The van der Waals surface area contributed by atoms with Gasteiger partial charge in [-0.25, -0.2) is 14.2 Å². The van der Waals surface area contributed by atoms with Crippen LogP contribution in [0.3, 0.4) is 0 Å². The van der Waals surface area contributed by atoms with Crippen LogP contribution in [0.1, 0.15) is 30.3 Å². The first-order valence-electron chi connectivity index (χ1n) is 10.2. The van der Waals surface area contributed by atoms with Crippen LogP contribution in [0.4, 0.5) is 4.39 Å². The van der Waals surface area contributed by atoms with Gasteiger partial charge < -0.3 is 15.1 Å². The lowest BCUT2D eigenvalue weighted by Crippen LogP contribution is -2.39. The van der Waals surface area contributed by atoms with Crippen LogP contribution >= 0.6 is 23.5 Å². The van der Waals surface area contributed by atoms with E-state index in [0.29, 0.717) is 38.5 Å². The summed E-state index contributed by atoms with van der Waals surface area (Å²) in [7, 11) is 0. The number of H-pyrrole nitrogens is 2. The number of halogens is 1. The van der Waals surface area contributed by atoms with Gasteiger partial charge in [-0.15, -0.1) is 11.8 Å². The van der Waals surface area contributed by atoms with Gasteiger partial charge in [0.15, 0.2) is 10.7 Å². The second-order valence-electron chi connectivity index (χ2n) is 7.82. The largest absolute Gasteiger partial charge is 0.479 e. The first-order chi connectivity index (χ1) is 15.3. The molecule has 32 heavy (non-hydrogen) atoms. The summed E-state index contributed by atoms with van der Waals surface area (Å²) in [5.74, 6) is -0.616. The van der Waals surface area contributed by atoms with Gasteiger partial charge in [-0.3, -0.25) is 9.79 Å². The first-order valence-corrected chi connectivity index (χ1v) is 12.2. The number of carbonyl (C=O) groups is 1. The molecule has 0 bridgehead atoms. The molecule has 168 valence electrons. The molecule has 1 aliphatic rings. The summed E-state index contributed by atoms with van der Waals surface area (Å²) in [6.45, 7) is 3.80. The maximum atomic E-state index is 13.5. The first kappa shape index (κ1) is 22.6. The third-order valence-electron chi connectivity index (χ3n) is 5.39. The van der Waals surface area contributed by atoms with Crippen LogP contribution in [-0.4, -0.2) is 48.1 Å². The Morgan fingerprint density at radius 2 is 2.16 bits per heavy atom. The van der Waals surface area contributed by atoms with Gasteiger partial charge in [-0.1, -0.05) is 25.1 Å². The van der Waals surface area contributed by atoms with E-state index in [0.717, 1.165) is 23.9 Å². The Labute approximate surface area is 192 Å². The standard InChI is InChI=1S/C22H23FN4O3S2/c1-3-4-16-12(2)19(28)26-21(25-16)31-10-18-27-22(11-32-18,20(29)30)9-15-7-13-5-6-14(23)8-17(13)24-15/h5-8,24H,3-4,9-11H2,1-2H3,(H,29,30)(H,25,26,28)/t22-/m0/s1. The molecule has 0 saturated carbocycles. The minimum Gasteiger partial charge on any atom is -0.479 e. The molecule has 0 amide bonds. The number of aryl methyl sites for hydroxylation is 1. The van der Waals surface area contributed by atoms with Crippen LogP contribution in [0.2, 0.25) is 0 Å². The third-order valence-corrected chi connectivity index (χ3v) is 7.65. The Kier molecular flexibility index (Phi) is 6.43.